The zero-order valence-electron chi connectivity index (χ0n) is 37.4. The van der Waals surface area contributed by atoms with Crippen LogP contribution < -0.4 is 21.4 Å². The summed E-state index contributed by atoms with van der Waals surface area (Å²) in [6, 6.07) is -1.02. The van der Waals surface area contributed by atoms with Gasteiger partial charge in [-0.2, -0.15) is 33.7 Å². The highest BCUT2D eigenvalue weighted by atomic mass is 32.2. The molecule has 0 aliphatic carbocycles. The summed E-state index contributed by atoms with van der Waals surface area (Å²) in [5.41, 5.74) is -27.5. The number of hydrogen-bond donors (Lipinski definition) is 8. The van der Waals surface area contributed by atoms with E-state index in [0.29, 0.717) is 0 Å². The van der Waals surface area contributed by atoms with Crippen molar-refractivity contribution in [2.75, 3.05) is 0 Å². The molecule has 5 heterocycles. The summed E-state index contributed by atoms with van der Waals surface area (Å²) in [7, 11) is -24.2. The molecule has 1 aliphatic rings. The highest BCUT2D eigenvalue weighted by Gasteiger charge is 2.39. The molecule has 8 aromatic rings. The molecule has 0 fully saturated rings. The van der Waals surface area contributed by atoms with Crippen LogP contribution in [0.15, 0.2) is 68.1 Å². The molecule has 0 unspecified atom stereocenters. The van der Waals surface area contributed by atoms with Gasteiger partial charge in [0.25, 0.3) is 40.5 Å². The van der Waals surface area contributed by atoms with Crippen molar-refractivity contribution in [3.63, 3.8) is 0 Å². The van der Waals surface area contributed by atoms with E-state index in [1.54, 1.807) is 0 Å². The van der Waals surface area contributed by atoms with Crippen LogP contribution in [0.4, 0.5) is 70.2 Å². The molecule has 8 bridgehead atoms. The summed E-state index contributed by atoms with van der Waals surface area (Å²) in [5.74, 6) is -43.4. The van der Waals surface area contributed by atoms with Gasteiger partial charge < -0.3 is 19.9 Å². The van der Waals surface area contributed by atoms with Crippen molar-refractivity contribution in [2.45, 2.75) is 19.6 Å². The molecule has 0 spiro atoms. The smallest absolute Gasteiger partial charge is 0.297 e. The predicted octanol–water partition coefficient (Wildman–Crippen LogP) is 5.51. The van der Waals surface area contributed by atoms with E-state index >= 15 is 70.2 Å². The van der Waals surface area contributed by atoms with Crippen molar-refractivity contribution < 1.29 is 122 Å². The Morgan fingerprint density at radius 3 is 0.588 bits per heavy atom. The minimum Gasteiger partial charge on any atom is -0.349 e. The molecule has 36 heteroatoms. The van der Waals surface area contributed by atoms with Crippen molar-refractivity contribution in [3.05, 3.63) is 208 Å². The molecule has 16 nitrogen and oxygen atoms in total. The second kappa shape index (κ2) is 18.8. The molecule has 0 saturated carbocycles. The fourth-order valence-electron chi connectivity index (χ4n) is 8.54. The number of H-pyrrole nitrogens is 4. The van der Waals surface area contributed by atoms with Gasteiger partial charge in [0, 0.05) is 22.3 Å². The molecule has 9 rings (SSSR count). The number of nitrogens with one attached hydrogen (secondary N) is 4. The average Bonchev–Trinajstić information content (AvgIpc) is 4.08. The van der Waals surface area contributed by atoms with Crippen LogP contribution >= 0.6 is 0 Å². The lowest BCUT2D eigenvalue weighted by molar-refractivity contribution is 0.467. The Morgan fingerprint density at radius 1 is 0.250 bits per heavy atom. The molecule has 0 atom stereocenters. The Hall–Kier alpha value is -8.00. The minimum atomic E-state index is -6.04. The molecule has 4 aromatic heterocycles. The number of benzene rings is 4. The third kappa shape index (κ3) is 8.68. The van der Waals surface area contributed by atoms with Crippen LogP contribution in [0.5, 0.6) is 0 Å². The van der Waals surface area contributed by atoms with Crippen LogP contribution in [0.25, 0.3) is 22.3 Å². The van der Waals surface area contributed by atoms with E-state index in [2.05, 4.69) is 0 Å². The fourth-order valence-corrected chi connectivity index (χ4v) is 10.8. The molecule has 420 valence electrons. The minimum absolute atomic E-state index is 0.102. The molecule has 0 radical (unpaired) electrons. The third-order valence-electron chi connectivity index (χ3n) is 11.9. The number of rotatable bonds is 8. The summed E-state index contributed by atoms with van der Waals surface area (Å²) in [6.07, 6.45) is 0. The lowest BCUT2D eigenvalue weighted by Crippen LogP contribution is -2.23. The van der Waals surface area contributed by atoms with E-state index in [1.807, 2.05) is 0 Å². The highest BCUT2D eigenvalue weighted by Crippen LogP contribution is 2.40. The summed E-state index contributed by atoms with van der Waals surface area (Å²) in [5, 5.41) is -9.04. The molecule has 0 amide bonds. The zero-order chi connectivity index (χ0) is 59.3. The maximum Gasteiger partial charge on any atom is 0.297 e. The van der Waals surface area contributed by atoms with Crippen LogP contribution in [0.2, 0.25) is 0 Å². The van der Waals surface area contributed by atoms with E-state index in [0.717, 1.165) is 0 Å². The van der Waals surface area contributed by atoms with E-state index in [-0.39, 0.29) is 48.5 Å². The lowest BCUT2D eigenvalue weighted by atomic mass is 10.00. The van der Waals surface area contributed by atoms with Crippen LogP contribution in [-0.2, 0) is 40.5 Å². The molecule has 80 heavy (non-hydrogen) atoms. The van der Waals surface area contributed by atoms with E-state index in [4.69, 9.17) is 0 Å². The Labute approximate surface area is 431 Å². The molecular weight excluding hydrogens is 1210 g/mol. The van der Waals surface area contributed by atoms with Crippen LogP contribution in [0.3, 0.4) is 0 Å². The molecular formula is C44H16F16N4O12S4. The van der Waals surface area contributed by atoms with Crippen molar-refractivity contribution in [3.8, 4) is 0 Å². The molecule has 4 aromatic carbocycles. The number of halogens is 16. The standard InChI is InChI=1S/C44H16F16N4O12S4/c45-9-1-5-13(77(65,66)67)25(49)17(9)21-37-29(53)31(55)39(61-37)22(18-10(46)2-6-14(26(18)50)78(68,69)70)41-33(57)35(59)43(63-41)24(20-12(48)4-8-16(28(20)52)80(74,75)76)44-36(60)34(58)42(64-44)23(40-32(56)30(54)38(21)62-40)19-11(47)3-7-15(27(19)51)79(71,72)73/h1-8,61-64H,(H,65,66,67)(H,68,69,70)(H,71,72,73)(H,74,75,76). The van der Waals surface area contributed by atoms with Gasteiger partial charge in [-0.05, 0) is 48.5 Å². The maximum absolute atomic E-state index is 17.0. The number of aromatic amines is 4. The summed E-state index contributed by atoms with van der Waals surface area (Å²) in [4.78, 5) is -2.65. The second-order valence-corrected chi connectivity index (χ2v) is 21.9. The van der Waals surface area contributed by atoms with Crippen molar-refractivity contribution in [1.29, 1.82) is 0 Å². The first-order chi connectivity index (χ1) is 36.9. The van der Waals surface area contributed by atoms with Crippen molar-refractivity contribution in [2.24, 2.45) is 0 Å². The Morgan fingerprint density at radius 2 is 0.425 bits per heavy atom. The van der Waals surface area contributed by atoms with Crippen molar-refractivity contribution in [1.82, 2.24) is 19.9 Å². The maximum atomic E-state index is 17.0. The monoisotopic (exact) mass is 1220 g/mol. The van der Waals surface area contributed by atoms with Gasteiger partial charge in [-0.3, -0.25) is 18.2 Å². The Kier molecular flexibility index (Phi) is 13.3. The Balaban J connectivity index is 1.71. The fraction of sp³-hybridized carbons (Fsp3) is 0. The summed E-state index contributed by atoms with van der Waals surface area (Å²) in [6.45, 7) is 0. The quantitative estimate of drug-likeness (QED) is 0.0691. The first kappa shape index (κ1) is 56.7. The van der Waals surface area contributed by atoms with Gasteiger partial charge in [0.1, 0.15) is 42.9 Å². The largest absolute Gasteiger partial charge is 0.349 e. The number of fused-ring (bicyclic) bond motifs is 8. The van der Waals surface area contributed by atoms with Crippen LogP contribution in [-0.4, -0.2) is 71.8 Å². The predicted molar refractivity (Wildman–Crippen MR) is 232 cm³/mol. The molecule has 8 N–H and O–H groups in total. The highest BCUT2D eigenvalue weighted by molar-refractivity contribution is 7.86. The SMILES string of the molecule is O=S(=O)(O)c1ccc(F)c(C2=c3[nH]c(c(F)c3F)=C(c3c(F)ccc(S(=O)(=O)O)c3F)c3[nH]c(c(F)c3F)C(c3c(F)ccc(S(=O)(=O)O)c3F)=c3[nH]c(c(F)c3F)=C(c3c(F)ccc(S(=O)(=O)O)c3F)c3[nH]c2c(F)c3F)c1F. The average molecular weight is 1220 g/mol. The molecule has 1 aliphatic heterocycles. The topological polar surface area (TPSA) is 281 Å². The normalized spacial score (nSPS) is 13.6. The zero-order valence-corrected chi connectivity index (χ0v) is 40.6. The number of hydrogen-bond acceptors (Lipinski definition) is 8. The van der Waals surface area contributed by atoms with Crippen molar-refractivity contribution >= 4 is 62.8 Å². The van der Waals surface area contributed by atoms with Gasteiger partial charge in [0.15, 0.2) is 69.8 Å². The van der Waals surface area contributed by atoms with Gasteiger partial charge >= 0.3 is 0 Å². The van der Waals surface area contributed by atoms with E-state index < -0.39 is 242 Å². The van der Waals surface area contributed by atoms with Crippen LogP contribution in [0.1, 0.15) is 45.0 Å². The third-order valence-corrected chi connectivity index (χ3v) is 15.3. The Bertz CT molecular complexity index is 4320. The van der Waals surface area contributed by atoms with Gasteiger partial charge in [-0.1, -0.05) is 0 Å². The van der Waals surface area contributed by atoms with Crippen LogP contribution in [0, 0.1) is 93.1 Å². The van der Waals surface area contributed by atoms with Gasteiger partial charge in [-0.15, -0.1) is 0 Å². The summed E-state index contributed by atoms with van der Waals surface area (Å²) < 4.78 is 405. The lowest BCUT2D eigenvalue weighted by Gasteiger charge is -2.13. The summed E-state index contributed by atoms with van der Waals surface area (Å²) >= 11 is 0. The second-order valence-electron chi connectivity index (χ2n) is 16.4. The number of aromatic nitrogens is 4. The van der Waals surface area contributed by atoms with Gasteiger partial charge in [0.05, 0.1) is 66.4 Å². The van der Waals surface area contributed by atoms with E-state index in [1.165, 1.54) is 19.9 Å². The molecule has 0 saturated heterocycles. The first-order valence-corrected chi connectivity index (χ1v) is 26.3. The van der Waals surface area contributed by atoms with Gasteiger partial charge in [-0.25, -0.2) is 70.2 Å². The van der Waals surface area contributed by atoms with E-state index in [9.17, 15) is 51.9 Å². The first-order valence-electron chi connectivity index (χ1n) is 20.5. The van der Waals surface area contributed by atoms with Gasteiger partial charge in [0.2, 0.25) is 0 Å².